The standard InChI is InChI=1S/C7H11NO4/c1-4(9)8-5(7(11)12)2-3-6(8)10/h5-6,10H,2-3H2,1H3,(H,11,12). The van der Waals surface area contributed by atoms with Crippen LogP contribution in [0.3, 0.4) is 0 Å². The van der Waals surface area contributed by atoms with Crippen molar-refractivity contribution >= 4 is 11.9 Å². The Bertz CT molecular complexity index is 215. The lowest BCUT2D eigenvalue weighted by Gasteiger charge is -2.22. The molecular weight excluding hydrogens is 162 g/mol. The molecule has 0 aromatic carbocycles. The van der Waals surface area contributed by atoms with E-state index in [-0.39, 0.29) is 0 Å². The van der Waals surface area contributed by atoms with E-state index < -0.39 is 24.1 Å². The van der Waals surface area contributed by atoms with Gasteiger partial charge in [0, 0.05) is 6.92 Å². The molecule has 1 heterocycles. The van der Waals surface area contributed by atoms with E-state index >= 15 is 0 Å². The predicted molar refractivity (Wildman–Crippen MR) is 39.2 cm³/mol. The number of hydrogen-bond acceptors (Lipinski definition) is 3. The number of carbonyl (C=O) groups is 2. The van der Waals surface area contributed by atoms with E-state index in [1.807, 2.05) is 0 Å². The Kier molecular flexibility index (Phi) is 2.32. The number of aliphatic hydroxyl groups is 1. The van der Waals surface area contributed by atoms with Gasteiger partial charge in [-0.3, -0.25) is 4.79 Å². The van der Waals surface area contributed by atoms with E-state index in [2.05, 4.69) is 0 Å². The van der Waals surface area contributed by atoms with E-state index in [0.717, 1.165) is 4.90 Å². The van der Waals surface area contributed by atoms with Crippen molar-refractivity contribution in [3.05, 3.63) is 0 Å². The summed E-state index contributed by atoms with van der Waals surface area (Å²) in [5.41, 5.74) is 0. The van der Waals surface area contributed by atoms with Crippen molar-refractivity contribution in [2.24, 2.45) is 0 Å². The van der Waals surface area contributed by atoms with Crippen molar-refractivity contribution in [2.45, 2.75) is 32.0 Å². The number of carboxylic acids is 1. The van der Waals surface area contributed by atoms with Crippen LogP contribution in [0.2, 0.25) is 0 Å². The van der Waals surface area contributed by atoms with Crippen molar-refractivity contribution in [2.75, 3.05) is 0 Å². The zero-order chi connectivity index (χ0) is 9.30. The molecular formula is C7H11NO4. The first-order chi connectivity index (χ1) is 5.54. The summed E-state index contributed by atoms with van der Waals surface area (Å²) in [4.78, 5) is 22.4. The third-order valence-corrected chi connectivity index (χ3v) is 2.00. The number of nitrogens with zero attached hydrogens (tertiary/aromatic N) is 1. The molecule has 5 heteroatoms. The normalized spacial score (nSPS) is 29.0. The fourth-order valence-electron chi connectivity index (χ4n) is 1.46. The zero-order valence-electron chi connectivity index (χ0n) is 6.73. The van der Waals surface area contributed by atoms with Crippen LogP contribution in [-0.4, -0.2) is 39.3 Å². The molecule has 1 aliphatic heterocycles. The average molecular weight is 173 g/mol. The molecule has 5 nitrogen and oxygen atoms in total. The van der Waals surface area contributed by atoms with Crippen molar-refractivity contribution in [3.63, 3.8) is 0 Å². The molecule has 1 amide bonds. The van der Waals surface area contributed by atoms with Crippen LogP contribution in [0.25, 0.3) is 0 Å². The van der Waals surface area contributed by atoms with Gasteiger partial charge in [0.25, 0.3) is 0 Å². The summed E-state index contributed by atoms with van der Waals surface area (Å²) in [5.74, 6) is -1.45. The third-order valence-electron chi connectivity index (χ3n) is 2.00. The molecule has 2 N–H and O–H groups in total. The lowest BCUT2D eigenvalue weighted by Crippen LogP contribution is -2.43. The zero-order valence-corrected chi connectivity index (χ0v) is 6.73. The first-order valence-corrected chi connectivity index (χ1v) is 3.74. The molecule has 2 unspecified atom stereocenters. The van der Waals surface area contributed by atoms with Crippen LogP contribution in [-0.2, 0) is 9.59 Å². The van der Waals surface area contributed by atoms with Crippen molar-refractivity contribution in [3.8, 4) is 0 Å². The summed E-state index contributed by atoms with van der Waals surface area (Å²) in [6.45, 7) is 1.25. The molecule has 1 fully saturated rings. The largest absolute Gasteiger partial charge is 0.480 e. The van der Waals surface area contributed by atoms with Gasteiger partial charge in [-0.05, 0) is 12.8 Å². The molecule has 0 aromatic heterocycles. The number of hydrogen-bond donors (Lipinski definition) is 2. The highest BCUT2D eigenvalue weighted by Gasteiger charge is 2.38. The Morgan fingerprint density at radius 1 is 1.42 bits per heavy atom. The molecule has 0 bridgehead atoms. The fourth-order valence-corrected chi connectivity index (χ4v) is 1.46. The molecule has 1 saturated heterocycles. The van der Waals surface area contributed by atoms with Crippen LogP contribution in [0.1, 0.15) is 19.8 Å². The molecule has 0 aromatic rings. The second kappa shape index (κ2) is 3.10. The number of amides is 1. The summed E-state index contributed by atoms with van der Waals surface area (Å²) in [6.07, 6.45) is -0.254. The molecule has 2 atom stereocenters. The van der Waals surface area contributed by atoms with Gasteiger partial charge < -0.3 is 15.1 Å². The highest BCUT2D eigenvalue weighted by Crippen LogP contribution is 2.22. The van der Waals surface area contributed by atoms with E-state index in [4.69, 9.17) is 5.11 Å². The number of rotatable bonds is 1. The minimum absolute atomic E-state index is 0.329. The van der Waals surface area contributed by atoms with Gasteiger partial charge >= 0.3 is 5.97 Å². The topological polar surface area (TPSA) is 77.8 Å². The molecule has 0 spiro atoms. The van der Waals surface area contributed by atoms with Crippen LogP contribution in [0.4, 0.5) is 0 Å². The van der Waals surface area contributed by atoms with E-state index in [9.17, 15) is 14.7 Å². The summed E-state index contributed by atoms with van der Waals surface area (Å²) in [7, 11) is 0. The predicted octanol–water partition coefficient (Wildman–Crippen LogP) is -0.600. The highest BCUT2D eigenvalue weighted by molar-refractivity contribution is 5.83. The Labute approximate surface area is 69.6 Å². The Morgan fingerprint density at radius 2 is 2.00 bits per heavy atom. The van der Waals surface area contributed by atoms with Gasteiger partial charge in [0.1, 0.15) is 12.3 Å². The highest BCUT2D eigenvalue weighted by atomic mass is 16.4. The maximum Gasteiger partial charge on any atom is 0.326 e. The fraction of sp³-hybridized carbons (Fsp3) is 0.714. The average Bonchev–Trinajstić information content (AvgIpc) is 2.30. The maximum absolute atomic E-state index is 10.9. The monoisotopic (exact) mass is 173 g/mol. The summed E-state index contributed by atoms with van der Waals surface area (Å²) in [5, 5.41) is 17.9. The van der Waals surface area contributed by atoms with Gasteiger partial charge in [-0.25, -0.2) is 4.79 Å². The molecule has 1 aliphatic rings. The van der Waals surface area contributed by atoms with Gasteiger partial charge in [-0.2, -0.15) is 0 Å². The van der Waals surface area contributed by atoms with E-state index in [1.165, 1.54) is 6.92 Å². The Hall–Kier alpha value is -1.10. The minimum Gasteiger partial charge on any atom is -0.480 e. The van der Waals surface area contributed by atoms with E-state index in [1.54, 1.807) is 0 Å². The van der Waals surface area contributed by atoms with Crippen molar-refractivity contribution in [1.82, 2.24) is 4.90 Å². The van der Waals surface area contributed by atoms with Crippen molar-refractivity contribution in [1.29, 1.82) is 0 Å². The third kappa shape index (κ3) is 1.40. The van der Waals surface area contributed by atoms with Crippen LogP contribution in [0, 0.1) is 0 Å². The summed E-state index contributed by atoms with van der Waals surface area (Å²) >= 11 is 0. The SMILES string of the molecule is CC(=O)N1C(O)CCC1C(=O)O. The first kappa shape index (κ1) is 8.99. The Morgan fingerprint density at radius 3 is 2.33 bits per heavy atom. The van der Waals surface area contributed by atoms with Crippen LogP contribution in [0.15, 0.2) is 0 Å². The molecule has 0 saturated carbocycles. The summed E-state index contributed by atoms with van der Waals surface area (Å²) in [6, 6.07) is -0.850. The van der Waals surface area contributed by atoms with Crippen LogP contribution >= 0.6 is 0 Å². The van der Waals surface area contributed by atoms with Crippen molar-refractivity contribution < 1.29 is 19.8 Å². The lowest BCUT2D eigenvalue weighted by atomic mass is 10.2. The molecule has 0 aliphatic carbocycles. The summed E-state index contributed by atoms with van der Waals surface area (Å²) < 4.78 is 0. The minimum atomic E-state index is -1.05. The molecule has 0 radical (unpaired) electrons. The van der Waals surface area contributed by atoms with E-state index in [0.29, 0.717) is 12.8 Å². The number of aliphatic carboxylic acids is 1. The Balaban J connectivity index is 2.77. The lowest BCUT2D eigenvalue weighted by molar-refractivity contribution is -0.153. The first-order valence-electron chi connectivity index (χ1n) is 3.74. The second-order valence-electron chi connectivity index (χ2n) is 2.84. The van der Waals surface area contributed by atoms with Crippen LogP contribution in [0.5, 0.6) is 0 Å². The number of aliphatic hydroxyl groups excluding tert-OH is 1. The van der Waals surface area contributed by atoms with Gasteiger partial charge in [0.15, 0.2) is 0 Å². The van der Waals surface area contributed by atoms with Gasteiger partial charge in [-0.15, -0.1) is 0 Å². The number of likely N-dealkylation sites (tertiary alicyclic amines) is 1. The molecule has 12 heavy (non-hydrogen) atoms. The quantitative estimate of drug-likeness (QED) is 0.555. The van der Waals surface area contributed by atoms with Crippen LogP contribution < -0.4 is 0 Å². The van der Waals surface area contributed by atoms with Gasteiger partial charge in [0.2, 0.25) is 5.91 Å². The number of carbonyl (C=O) groups excluding carboxylic acids is 1. The molecule has 1 rings (SSSR count). The maximum atomic E-state index is 10.9. The van der Waals surface area contributed by atoms with Gasteiger partial charge in [0.05, 0.1) is 0 Å². The van der Waals surface area contributed by atoms with Gasteiger partial charge in [-0.1, -0.05) is 0 Å². The smallest absolute Gasteiger partial charge is 0.326 e. The second-order valence-corrected chi connectivity index (χ2v) is 2.84. The number of carboxylic acid groups (broad SMARTS) is 1. The molecule has 68 valence electrons.